The Balaban J connectivity index is 3.54. The van der Waals surface area contributed by atoms with Gasteiger partial charge in [0.05, 0.1) is 5.25 Å². The van der Waals surface area contributed by atoms with Crippen molar-refractivity contribution in [1.29, 1.82) is 0 Å². The van der Waals surface area contributed by atoms with Gasteiger partial charge >= 0.3 is 0 Å². The van der Waals surface area contributed by atoms with Gasteiger partial charge in [-0.25, -0.2) is 0 Å². The molecule has 0 rings (SSSR count). The highest BCUT2D eigenvalue weighted by molar-refractivity contribution is 7.99. The van der Waals surface area contributed by atoms with E-state index in [1.165, 1.54) is 0 Å². The van der Waals surface area contributed by atoms with Crippen molar-refractivity contribution in [2.45, 2.75) is 12.2 Å². The number of carbonyl (C=O) groups is 1. The second kappa shape index (κ2) is 4.82. The molecule has 0 radical (unpaired) electrons. The van der Waals surface area contributed by atoms with Gasteiger partial charge in [-0.2, -0.15) is 11.8 Å². The predicted octanol–water partition coefficient (Wildman–Crippen LogP) is 0.526. The van der Waals surface area contributed by atoms with Gasteiger partial charge in [-0.3, -0.25) is 4.79 Å². The van der Waals surface area contributed by atoms with Crippen molar-refractivity contribution >= 4 is 17.5 Å². The number of ketones is 1. The van der Waals surface area contributed by atoms with Gasteiger partial charge < -0.3 is 5.32 Å². The summed E-state index contributed by atoms with van der Waals surface area (Å²) >= 11 is 1.59. The SMILES string of the molecule is CNCC(SC)C(C)=O. The number of Topliss-reactive ketones (excluding diaryl/α,β-unsaturated/α-hetero) is 1. The third-order valence-electron chi connectivity index (χ3n) is 1.13. The van der Waals surface area contributed by atoms with Crippen molar-refractivity contribution < 1.29 is 4.79 Å². The van der Waals surface area contributed by atoms with Gasteiger partial charge in [0.2, 0.25) is 0 Å². The minimum atomic E-state index is 0.134. The Kier molecular flexibility index (Phi) is 4.81. The first-order chi connectivity index (χ1) is 4.22. The highest BCUT2D eigenvalue weighted by Gasteiger charge is 2.09. The quantitative estimate of drug-likeness (QED) is 0.629. The molecule has 0 fully saturated rings. The second-order valence-corrected chi connectivity index (χ2v) is 2.93. The molecule has 0 aliphatic heterocycles. The molecule has 0 aromatic heterocycles. The van der Waals surface area contributed by atoms with Crippen LogP contribution in [0.25, 0.3) is 0 Å². The maximum Gasteiger partial charge on any atom is 0.144 e. The summed E-state index contributed by atoms with van der Waals surface area (Å²) in [6.07, 6.45) is 1.95. The molecule has 1 N–H and O–H groups in total. The summed E-state index contributed by atoms with van der Waals surface area (Å²) in [4.78, 5) is 10.7. The number of hydrogen-bond acceptors (Lipinski definition) is 3. The fourth-order valence-electron chi connectivity index (χ4n) is 0.578. The smallest absolute Gasteiger partial charge is 0.144 e. The molecular weight excluding hydrogens is 134 g/mol. The number of carbonyl (C=O) groups excluding carboxylic acids is 1. The maximum absolute atomic E-state index is 10.7. The molecule has 9 heavy (non-hydrogen) atoms. The third kappa shape index (κ3) is 3.54. The lowest BCUT2D eigenvalue weighted by molar-refractivity contribution is -0.116. The number of hydrogen-bond donors (Lipinski definition) is 1. The van der Waals surface area contributed by atoms with E-state index in [2.05, 4.69) is 5.32 Å². The highest BCUT2D eigenvalue weighted by Crippen LogP contribution is 2.04. The molecule has 1 atom stereocenters. The largest absolute Gasteiger partial charge is 0.318 e. The molecular formula is C6H13NOS. The molecule has 0 aliphatic rings. The Morgan fingerprint density at radius 3 is 2.44 bits per heavy atom. The third-order valence-corrected chi connectivity index (χ3v) is 2.20. The molecule has 1 unspecified atom stereocenters. The molecule has 54 valence electrons. The lowest BCUT2D eigenvalue weighted by atomic mass is 10.3. The van der Waals surface area contributed by atoms with Crippen LogP contribution in [0.3, 0.4) is 0 Å². The van der Waals surface area contributed by atoms with E-state index in [1.54, 1.807) is 18.7 Å². The van der Waals surface area contributed by atoms with Crippen LogP contribution in [-0.4, -0.2) is 30.9 Å². The van der Waals surface area contributed by atoms with Gasteiger partial charge in [0, 0.05) is 6.54 Å². The second-order valence-electron chi connectivity index (χ2n) is 1.89. The van der Waals surface area contributed by atoms with Gasteiger partial charge in [0.25, 0.3) is 0 Å². The zero-order valence-corrected chi connectivity index (χ0v) is 6.92. The van der Waals surface area contributed by atoms with Crippen molar-refractivity contribution in [3.05, 3.63) is 0 Å². The van der Waals surface area contributed by atoms with E-state index < -0.39 is 0 Å². The minimum Gasteiger partial charge on any atom is -0.318 e. The van der Waals surface area contributed by atoms with Crippen LogP contribution < -0.4 is 5.32 Å². The Morgan fingerprint density at radius 2 is 2.33 bits per heavy atom. The van der Waals surface area contributed by atoms with Gasteiger partial charge in [-0.05, 0) is 20.2 Å². The van der Waals surface area contributed by atoms with Crippen LogP contribution in [0.15, 0.2) is 0 Å². The van der Waals surface area contributed by atoms with E-state index in [0.717, 1.165) is 6.54 Å². The maximum atomic E-state index is 10.7. The van der Waals surface area contributed by atoms with Crippen molar-refractivity contribution in [1.82, 2.24) is 5.32 Å². The monoisotopic (exact) mass is 147 g/mol. The number of thioether (sulfide) groups is 1. The molecule has 0 bridgehead atoms. The zero-order chi connectivity index (χ0) is 7.28. The first kappa shape index (κ1) is 8.98. The standard InChI is InChI=1S/C6H13NOS/c1-5(8)6(9-3)4-7-2/h6-7H,4H2,1-3H3. The van der Waals surface area contributed by atoms with Crippen molar-refractivity contribution in [3.63, 3.8) is 0 Å². The van der Waals surface area contributed by atoms with E-state index in [9.17, 15) is 4.79 Å². The Morgan fingerprint density at radius 1 is 1.78 bits per heavy atom. The van der Waals surface area contributed by atoms with Gasteiger partial charge in [-0.1, -0.05) is 0 Å². The van der Waals surface area contributed by atoms with Crippen molar-refractivity contribution in [2.75, 3.05) is 19.8 Å². The topological polar surface area (TPSA) is 29.1 Å². The van der Waals surface area contributed by atoms with Crippen molar-refractivity contribution in [3.8, 4) is 0 Å². The van der Waals surface area contributed by atoms with Crippen LogP contribution in [0.1, 0.15) is 6.92 Å². The number of nitrogens with one attached hydrogen (secondary N) is 1. The van der Waals surface area contributed by atoms with E-state index in [0.29, 0.717) is 0 Å². The lowest BCUT2D eigenvalue weighted by Crippen LogP contribution is -2.26. The van der Waals surface area contributed by atoms with Crippen LogP contribution in [0.2, 0.25) is 0 Å². The summed E-state index contributed by atoms with van der Waals surface area (Å²) in [5.41, 5.74) is 0. The van der Waals surface area contributed by atoms with E-state index in [-0.39, 0.29) is 11.0 Å². The summed E-state index contributed by atoms with van der Waals surface area (Å²) in [6.45, 7) is 2.40. The van der Waals surface area contributed by atoms with E-state index >= 15 is 0 Å². The molecule has 0 saturated carbocycles. The summed E-state index contributed by atoms with van der Waals surface area (Å²) in [7, 11) is 1.85. The Hall–Kier alpha value is -0.0200. The fourth-order valence-corrected chi connectivity index (χ4v) is 1.24. The molecule has 3 heteroatoms. The molecule has 2 nitrogen and oxygen atoms in total. The van der Waals surface area contributed by atoms with Gasteiger partial charge in [-0.15, -0.1) is 0 Å². The lowest BCUT2D eigenvalue weighted by Gasteiger charge is -2.07. The number of rotatable bonds is 4. The first-order valence-corrected chi connectivity index (χ1v) is 4.19. The molecule has 0 heterocycles. The summed E-state index contributed by atoms with van der Waals surface area (Å²) in [5.74, 6) is 0.247. The average Bonchev–Trinajstić information content (AvgIpc) is 1.82. The molecule has 0 amide bonds. The predicted molar refractivity (Wildman–Crippen MR) is 41.9 cm³/mol. The summed E-state index contributed by atoms with van der Waals surface area (Å²) < 4.78 is 0. The van der Waals surface area contributed by atoms with E-state index in [1.807, 2.05) is 13.3 Å². The zero-order valence-electron chi connectivity index (χ0n) is 6.10. The molecule has 0 spiro atoms. The van der Waals surface area contributed by atoms with E-state index in [4.69, 9.17) is 0 Å². The van der Waals surface area contributed by atoms with Crippen LogP contribution in [-0.2, 0) is 4.79 Å². The molecule has 0 aromatic carbocycles. The Bertz CT molecular complexity index is 95.1. The molecule has 0 aromatic rings. The first-order valence-electron chi connectivity index (χ1n) is 2.90. The van der Waals surface area contributed by atoms with Crippen LogP contribution >= 0.6 is 11.8 Å². The minimum absolute atomic E-state index is 0.134. The van der Waals surface area contributed by atoms with Crippen LogP contribution in [0, 0.1) is 0 Å². The average molecular weight is 147 g/mol. The van der Waals surface area contributed by atoms with Gasteiger partial charge in [0.1, 0.15) is 5.78 Å². The van der Waals surface area contributed by atoms with Gasteiger partial charge in [0.15, 0.2) is 0 Å². The fraction of sp³-hybridized carbons (Fsp3) is 0.833. The van der Waals surface area contributed by atoms with Crippen LogP contribution in [0.5, 0.6) is 0 Å². The highest BCUT2D eigenvalue weighted by atomic mass is 32.2. The normalized spacial score (nSPS) is 13.2. The molecule has 0 saturated heterocycles. The van der Waals surface area contributed by atoms with Crippen molar-refractivity contribution in [2.24, 2.45) is 0 Å². The summed E-state index contributed by atoms with van der Waals surface area (Å²) in [6, 6.07) is 0. The molecule has 0 aliphatic carbocycles. The van der Waals surface area contributed by atoms with Crippen LogP contribution in [0.4, 0.5) is 0 Å². The Labute approximate surface area is 60.4 Å². The summed E-state index contributed by atoms with van der Waals surface area (Å²) in [5, 5.41) is 3.09.